The van der Waals surface area contributed by atoms with Crippen molar-refractivity contribution in [3.63, 3.8) is 0 Å². The van der Waals surface area contributed by atoms with E-state index < -0.39 is 10.8 Å². The topological polar surface area (TPSA) is 97.2 Å². The van der Waals surface area contributed by atoms with Crippen molar-refractivity contribution in [1.82, 2.24) is 14.5 Å². The van der Waals surface area contributed by atoms with Crippen LogP contribution in [-0.4, -0.2) is 36.2 Å². The van der Waals surface area contributed by atoms with Crippen LogP contribution in [0, 0.1) is 0 Å². The molecule has 2 aromatic heterocycles. The number of hydrogen-bond donors (Lipinski definition) is 2. The van der Waals surface area contributed by atoms with Gasteiger partial charge in [-0.15, -0.1) is 0 Å². The zero-order chi connectivity index (χ0) is 20.9. The highest BCUT2D eigenvalue weighted by Gasteiger charge is 2.14. The summed E-state index contributed by atoms with van der Waals surface area (Å²) < 4.78 is 20.3. The fourth-order valence-corrected chi connectivity index (χ4v) is 4.33. The number of hydrogen-bond acceptors (Lipinski definition) is 5. The molecule has 0 aliphatic heterocycles. The minimum absolute atomic E-state index is 0.103. The third kappa shape index (κ3) is 4.34. The summed E-state index contributed by atoms with van der Waals surface area (Å²) >= 11 is 0. The van der Waals surface area contributed by atoms with Crippen LogP contribution in [0.1, 0.15) is 12.0 Å². The van der Waals surface area contributed by atoms with Crippen molar-refractivity contribution in [2.45, 2.75) is 18.2 Å². The first-order valence-electron chi connectivity index (χ1n) is 9.52. The number of aliphatic hydroxyl groups is 1. The largest absolute Gasteiger partial charge is 0.494 e. The van der Waals surface area contributed by atoms with E-state index in [0.29, 0.717) is 29.7 Å². The number of nitrogens with zero attached hydrogens (tertiary/aromatic N) is 2. The molecule has 0 fully saturated rings. The van der Waals surface area contributed by atoms with Crippen LogP contribution in [-0.2, 0) is 17.4 Å². The second-order valence-electron chi connectivity index (χ2n) is 6.69. The Morgan fingerprint density at radius 1 is 1.13 bits per heavy atom. The Balaban J connectivity index is 1.38. The van der Waals surface area contributed by atoms with E-state index in [-0.39, 0.29) is 12.2 Å². The van der Waals surface area contributed by atoms with Crippen LogP contribution in [0.25, 0.3) is 16.6 Å². The summed E-state index contributed by atoms with van der Waals surface area (Å²) in [5.74, 6) is 1.10. The molecule has 1 atom stereocenters. The van der Waals surface area contributed by atoms with Gasteiger partial charge in [0.1, 0.15) is 5.75 Å². The van der Waals surface area contributed by atoms with Gasteiger partial charge in [0.25, 0.3) is 0 Å². The molecule has 30 heavy (non-hydrogen) atoms. The van der Waals surface area contributed by atoms with Crippen molar-refractivity contribution >= 4 is 21.7 Å². The van der Waals surface area contributed by atoms with Crippen LogP contribution in [0.2, 0.25) is 0 Å². The van der Waals surface area contributed by atoms with Crippen molar-refractivity contribution < 1.29 is 14.1 Å². The Morgan fingerprint density at radius 3 is 2.87 bits per heavy atom. The molecule has 0 aliphatic rings. The van der Waals surface area contributed by atoms with Gasteiger partial charge >= 0.3 is 0 Å². The summed E-state index contributed by atoms with van der Waals surface area (Å²) in [6.07, 6.45) is 3.94. The Kier molecular flexibility index (Phi) is 6.06. The predicted octanol–water partition coefficient (Wildman–Crippen LogP) is 2.78. The molecule has 0 radical (unpaired) electrons. The Hall–Kier alpha value is -3.23. The fraction of sp³-hybridized carbons (Fsp3) is 0.182. The number of fused-ring (bicyclic) bond motifs is 1. The summed E-state index contributed by atoms with van der Waals surface area (Å²) in [4.78, 5) is 18.4. The molecule has 2 heterocycles. The van der Waals surface area contributed by atoms with E-state index in [4.69, 9.17) is 4.74 Å². The number of benzene rings is 2. The molecule has 0 unspecified atom stereocenters. The van der Waals surface area contributed by atoms with E-state index in [1.807, 2.05) is 30.3 Å². The molecule has 2 aromatic carbocycles. The molecule has 4 rings (SSSR count). The first-order chi connectivity index (χ1) is 14.7. The zero-order valence-corrected chi connectivity index (χ0v) is 17.0. The lowest BCUT2D eigenvalue weighted by Gasteiger charge is -2.11. The monoisotopic (exact) mass is 423 g/mol. The third-order valence-electron chi connectivity index (χ3n) is 4.67. The van der Waals surface area contributed by atoms with Crippen LogP contribution < -0.4 is 10.3 Å². The fourth-order valence-electron chi connectivity index (χ4n) is 3.21. The van der Waals surface area contributed by atoms with Crippen LogP contribution >= 0.6 is 0 Å². The predicted molar refractivity (Wildman–Crippen MR) is 115 cm³/mol. The van der Waals surface area contributed by atoms with Gasteiger partial charge in [-0.3, -0.25) is 13.6 Å². The van der Waals surface area contributed by atoms with E-state index in [2.05, 4.69) is 9.97 Å². The van der Waals surface area contributed by atoms with E-state index in [1.54, 1.807) is 35.2 Å². The minimum atomic E-state index is -1.31. The van der Waals surface area contributed by atoms with Crippen molar-refractivity contribution in [2.24, 2.45) is 0 Å². The summed E-state index contributed by atoms with van der Waals surface area (Å²) in [6, 6.07) is 16.1. The van der Waals surface area contributed by atoms with Gasteiger partial charge in [0.15, 0.2) is 0 Å². The molecule has 2 N–H and O–H groups in total. The number of ether oxygens (including phenoxy) is 1. The lowest BCUT2D eigenvalue weighted by Crippen LogP contribution is -2.10. The van der Waals surface area contributed by atoms with E-state index >= 15 is 0 Å². The van der Waals surface area contributed by atoms with Gasteiger partial charge in [-0.2, -0.15) is 0 Å². The lowest BCUT2D eigenvalue weighted by atomic mass is 10.2. The number of aliphatic hydroxyl groups excluding tert-OH is 1. The summed E-state index contributed by atoms with van der Waals surface area (Å²) in [5.41, 5.74) is 2.13. The Morgan fingerprint density at radius 2 is 2.00 bits per heavy atom. The average Bonchev–Trinajstić information content (AvgIpc) is 3.26. The minimum Gasteiger partial charge on any atom is -0.494 e. The van der Waals surface area contributed by atoms with Gasteiger partial charge in [0.05, 0.1) is 29.7 Å². The summed E-state index contributed by atoms with van der Waals surface area (Å²) in [6.45, 7) is 0.308. The maximum Gasteiger partial charge on any atom is 0.248 e. The summed E-state index contributed by atoms with van der Waals surface area (Å²) in [7, 11) is -1.31. The summed E-state index contributed by atoms with van der Waals surface area (Å²) in [5, 5.41) is 10.9. The van der Waals surface area contributed by atoms with Gasteiger partial charge in [0, 0.05) is 40.7 Å². The van der Waals surface area contributed by atoms with Crippen LogP contribution in [0.4, 0.5) is 0 Å². The molecule has 0 aliphatic carbocycles. The highest BCUT2D eigenvalue weighted by molar-refractivity contribution is 7.84. The second kappa shape index (κ2) is 9.06. The first-order valence-corrected chi connectivity index (χ1v) is 10.8. The molecule has 7 nitrogen and oxygen atoms in total. The van der Waals surface area contributed by atoms with Crippen molar-refractivity contribution in [2.75, 3.05) is 12.4 Å². The zero-order valence-electron chi connectivity index (χ0n) is 16.2. The molecule has 0 saturated carbocycles. The molecule has 154 valence electrons. The number of aromatic amines is 1. The number of nitrogens with one attached hydrogen (secondary N) is 1. The molecular weight excluding hydrogens is 402 g/mol. The lowest BCUT2D eigenvalue weighted by molar-refractivity contribution is 0.281. The smallest absolute Gasteiger partial charge is 0.248 e. The molecule has 0 amide bonds. The van der Waals surface area contributed by atoms with Gasteiger partial charge in [-0.05, 0) is 36.8 Å². The number of H-pyrrole nitrogens is 1. The Bertz CT molecular complexity index is 1250. The van der Waals surface area contributed by atoms with Crippen LogP contribution in [0.3, 0.4) is 0 Å². The van der Waals surface area contributed by atoms with Crippen LogP contribution in [0.15, 0.2) is 76.9 Å². The van der Waals surface area contributed by atoms with Crippen molar-refractivity contribution in [3.05, 3.63) is 82.9 Å². The molecule has 4 aromatic rings. The standard InChI is InChI=1S/C22H21N3O4S/c26-15-17-4-1-2-5-20(17)25-11-10-23-22(25)30(28)13-3-12-29-18-7-8-19-16(14-18)6-9-21(27)24-19/h1-2,4-11,14,26H,3,12-13,15H2,(H,24,27)/t30-/m1/s1. The SMILES string of the molecule is O=c1ccc2cc(OCCC[S@@](=O)c3nccn3-c3ccccc3CO)ccc2[nH]1. The van der Waals surface area contributed by atoms with Gasteiger partial charge < -0.3 is 14.8 Å². The number of imidazole rings is 1. The quantitative estimate of drug-likeness (QED) is 0.425. The van der Waals surface area contributed by atoms with E-state index in [1.165, 1.54) is 6.07 Å². The molecule has 0 saturated heterocycles. The molecular formula is C22H21N3O4S. The molecule has 0 bridgehead atoms. The highest BCUT2D eigenvalue weighted by atomic mass is 32.2. The van der Waals surface area contributed by atoms with Crippen molar-refractivity contribution in [3.8, 4) is 11.4 Å². The Labute approximate surface area is 175 Å². The molecule has 0 spiro atoms. The second-order valence-corrected chi connectivity index (χ2v) is 8.15. The average molecular weight is 423 g/mol. The van der Waals surface area contributed by atoms with Crippen LogP contribution in [0.5, 0.6) is 5.75 Å². The number of para-hydroxylation sites is 1. The first kappa shape index (κ1) is 20.1. The maximum absolute atomic E-state index is 12.8. The van der Waals surface area contributed by atoms with Gasteiger partial charge in [-0.25, -0.2) is 4.98 Å². The maximum atomic E-state index is 12.8. The van der Waals surface area contributed by atoms with Gasteiger partial charge in [-0.1, -0.05) is 18.2 Å². The van der Waals surface area contributed by atoms with Gasteiger partial charge in [0.2, 0.25) is 10.7 Å². The van der Waals surface area contributed by atoms with Crippen molar-refractivity contribution in [1.29, 1.82) is 0 Å². The highest BCUT2D eigenvalue weighted by Crippen LogP contribution is 2.20. The number of pyridine rings is 1. The third-order valence-corrected chi connectivity index (χ3v) is 6.04. The number of rotatable bonds is 8. The molecule has 8 heteroatoms. The van der Waals surface area contributed by atoms with E-state index in [0.717, 1.165) is 22.2 Å². The van der Waals surface area contributed by atoms with E-state index in [9.17, 15) is 14.1 Å². The number of aromatic nitrogens is 3. The normalized spacial score (nSPS) is 12.2.